The van der Waals surface area contributed by atoms with E-state index in [2.05, 4.69) is 26.1 Å². The van der Waals surface area contributed by atoms with E-state index in [1.807, 2.05) is 13.8 Å². The molecule has 1 amide bonds. The number of nitrogens with two attached hydrogens (primary N) is 1. The van der Waals surface area contributed by atoms with Crippen LogP contribution in [0.5, 0.6) is 0 Å². The molecule has 1 saturated carbocycles. The van der Waals surface area contributed by atoms with Crippen molar-refractivity contribution in [3.8, 4) is 0 Å². The lowest BCUT2D eigenvalue weighted by Gasteiger charge is -2.44. The summed E-state index contributed by atoms with van der Waals surface area (Å²) < 4.78 is 6.07. The van der Waals surface area contributed by atoms with Crippen molar-refractivity contribution in [2.45, 2.75) is 72.0 Å². The molecule has 0 aromatic carbocycles. The van der Waals surface area contributed by atoms with E-state index < -0.39 is 6.10 Å². The highest BCUT2D eigenvalue weighted by molar-refractivity contribution is 5.80. The third kappa shape index (κ3) is 4.45. The van der Waals surface area contributed by atoms with Gasteiger partial charge in [-0.15, -0.1) is 0 Å². The highest BCUT2D eigenvalue weighted by Gasteiger charge is 2.40. The van der Waals surface area contributed by atoms with Crippen LogP contribution >= 0.6 is 0 Å². The Morgan fingerprint density at radius 1 is 1.40 bits per heavy atom. The zero-order chi connectivity index (χ0) is 15.4. The first-order valence-electron chi connectivity index (χ1n) is 7.89. The minimum Gasteiger partial charge on any atom is -0.361 e. The van der Waals surface area contributed by atoms with Gasteiger partial charge in [0.05, 0.1) is 5.60 Å². The molecule has 0 bridgehead atoms. The van der Waals surface area contributed by atoms with Crippen LogP contribution in [-0.2, 0) is 9.53 Å². The second kappa shape index (κ2) is 6.90. The van der Waals surface area contributed by atoms with Gasteiger partial charge < -0.3 is 15.8 Å². The van der Waals surface area contributed by atoms with Crippen molar-refractivity contribution in [3.63, 3.8) is 0 Å². The first-order valence-corrected chi connectivity index (χ1v) is 7.89. The SMILES string of the molecule is CCNC(=O)C(C)OC1(CN)CCC(C(C)(C)C)CC1. The van der Waals surface area contributed by atoms with Crippen molar-refractivity contribution < 1.29 is 9.53 Å². The van der Waals surface area contributed by atoms with Gasteiger partial charge >= 0.3 is 0 Å². The highest BCUT2D eigenvalue weighted by Crippen LogP contribution is 2.42. The standard InChI is InChI=1S/C16H32N2O2/c1-6-18-14(19)12(2)20-16(11-17)9-7-13(8-10-16)15(3,4)5/h12-13H,6-11,17H2,1-5H3,(H,18,19). The Balaban J connectivity index is 2.60. The summed E-state index contributed by atoms with van der Waals surface area (Å²) in [6.45, 7) is 11.7. The van der Waals surface area contributed by atoms with E-state index in [1.54, 1.807) is 0 Å². The van der Waals surface area contributed by atoms with Crippen LogP contribution < -0.4 is 11.1 Å². The molecule has 4 heteroatoms. The topological polar surface area (TPSA) is 64.3 Å². The van der Waals surface area contributed by atoms with Crippen LogP contribution in [0.1, 0.15) is 60.3 Å². The van der Waals surface area contributed by atoms with Crippen LogP contribution in [-0.4, -0.2) is 30.7 Å². The minimum atomic E-state index is -0.426. The smallest absolute Gasteiger partial charge is 0.248 e. The molecule has 118 valence electrons. The Labute approximate surface area is 123 Å². The van der Waals surface area contributed by atoms with Crippen molar-refractivity contribution >= 4 is 5.91 Å². The van der Waals surface area contributed by atoms with E-state index in [1.165, 1.54) is 0 Å². The number of hydrogen-bond donors (Lipinski definition) is 2. The maximum atomic E-state index is 11.8. The third-order valence-corrected chi connectivity index (χ3v) is 4.64. The Bertz CT molecular complexity index is 315. The molecule has 0 saturated heterocycles. The molecule has 0 radical (unpaired) electrons. The summed E-state index contributed by atoms with van der Waals surface area (Å²) >= 11 is 0. The summed E-state index contributed by atoms with van der Waals surface area (Å²) in [5.74, 6) is 0.670. The van der Waals surface area contributed by atoms with Crippen LogP contribution in [0.3, 0.4) is 0 Å². The zero-order valence-corrected chi connectivity index (χ0v) is 13.8. The lowest BCUT2D eigenvalue weighted by atomic mass is 9.68. The molecule has 1 atom stereocenters. The molecule has 0 aromatic rings. The molecule has 0 aromatic heterocycles. The van der Waals surface area contributed by atoms with Gasteiger partial charge in [0.25, 0.3) is 0 Å². The molecule has 1 aliphatic carbocycles. The third-order valence-electron chi connectivity index (χ3n) is 4.64. The summed E-state index contributed by atoms with van der Waals surface area (Å²) in [6, 6.07) is 0. The van der Waals surface area contributed by atoms with E-state index in [4.69, 9.17) is 10.5 Å². The summed E-state index contributed by atoms with van der Waals surface area (Å²) in [4.78, 5) is 11.8. The molecule has 0 aliphatic heterocycles. The molecule has 20 heavy (non-hydrogen) atoms. The number of nitrogens with one attached hydrogen (secondary N) is 1. The number of likely N-dealkylation sites (N-methyl/N-ethyl adjacent to an activating group) is 1. The maximum absolute atomic E-state index is 11.8. The normalized spacial score (nSPS) is 29.0. The number of carbonyl (C=O) groups excluding carboxylic acids is 1. The lowest BCUT2D eigenvalue weighted by molar-refractivity contribution is -0.151. The molecule has 1 fully saturated rings. The quantitative estimate of drug-likeness (QED) is 0.815. The van der Waals surface area contributed by atoms with Crippen LogP contribution in [0.25, 0.3) is 0 Å². The van der Waals surface area contributed by atoms with Gasteiger partial charge in [0, 0.05) is 13.1 Å². The second-order valence-electron chi connectivity index (χ2n) is 7.18. The van der Waals surface area contributed by atoms with Crippen molar-refractivity contribution in [3.05, 3.63) is 0 Å². The first-order chi connectivity index (χ1) is 9.24. The number of amides is 1. The van der Waals surface area contributed by atoms with Gasteiger partial charge in [0.2, 0.25) is 5.91 Å². The predicted octanol–water partition coefficient (Wildman–Crippen LogP) is 2.46. The average molecular weight is 284 g/mol. The van der Waals surface area contributed by atoms with Crippen LogP contribution in [0.2, 0.25) is 0 Å². The highest BCUT2D eigenvalue weighted by atomic mass is 16.5. The largest absolute Gasteiger partial charge is 0.361 e. The average Bonchev–Trinajstić information content (AvgIpc) is 2.38. The maximum Gasteiger partial charge on any atom is 0.248 e. The fourth-order valence-electron chi connectivity index (χ4n) is 3.13. The van der Waals surface area contributed by atoms with Gasteiger partial charge in [-0.3, -0.25) is 4.79 Å². The first kappa shape index (κ1) is 17.4. The number of rotatable bonds is 5. The van der Waals surface area contributed by atoms with Crippen LogP contribution in [0.4, 0.5) is 0 Å². The molecule has 1 aliphatic rings. The summed E-state index contributed by atoms with van der Waals surface area (Å²) in [5.41, 5.74) is 5.98. The summed E-state index contributed by atoms with van der Waals surface area (Å²) in [7, 11) is 0. The van der Waals surface area contributed by atoms with Crippen LogP contribution in [0, 0.1) is 11.3 Å². The Morgan fingerprint density at radius 2 is 1.95 bits per heavy atom. The van der Waals surface area contributed by atoms with Crippen molar-refractivity contribution in [2.24, 2.45) is 17.1 Å². The molecule has 1 rings (SSSR count). The van der Waals surface area contributed by atoms with E-state index in [-0.39, 0.29) is 11.5 Å². The van der Waals surface area contributed by atoms with E-state index in [9.17, 15) is 4.79 Å². The molecule has 1 unspecified atom stereocenters. The van der Waals surface area contributed by atoms with Crippen molar-refractivity contribution in [2.75, 3.05) is 13.1 Å². The van der Waals surface area contributed by atoms with Crippen molar-refractivity contribution in [1.29, 1.82) is 0 Å². The summed E-state index contributed by atoms with van der Waals surface area (Å²) in [5, 5.41) is 2.80. The van der Waals surface area contributed by atoms with Gasteiger partial charge in [0.1, 0.15) is 6.10 Å². The van der Waals surface area contributed by atoms with Crippen LogP contribution in [0.15, 0.2) is 0 Å². The fourth-order valence-corrected chi connectivity index (χ4v) is 3.13. The minimum absolute atomic E-state index is 0.0433. The lowest BCUT2D eigenvalue weighted by Crippen LogP contribution is -2.50. The molecule has 0 heterocycles. The molecule has 0 spiro atoms. The number of ether oxygens (including phenoxy) is 1. The molecule has 3 N–H and O–H groups in total. The Morgan fingerprint density at radius 3 is 2.35 bits per heavy atom. The van der Waals surface area contributed by atoms with Gasteiger partial charge in [-0.05, 0) is 50.9 Å². The number of hydrogen-bond acceptors (Lipinski definition) is 3. The van der Waals surface area contributed by atoms with Crippen molar-refractivity contribution in [1.82, 2.24) is 5.32 Å². The van der Waals surface area contributed by atoms with Gasteiger partial charge in [0.15, 0.2) is 0 Å². The summed E-state index contributed by atoms with van der Waals surface area (Å²) in [6.07, 6.45) is 3.74. The van der Waals surface area contributed by atoms with Gasteiger partial charge in [-0.1, -0.05) is 20.8 Å². The molecule has 4 nitrogen and oxygen atoms in total. The fraction of sp³-hybridized carbons (Fsp3) is 0.938. The molecular formula is C16H32N2O2. The van der Waals surface area contributed by atoms with E-state index >= 15 is 0 Å². The Hall–Kier alpha value is -0.610. The second-order valence-corrected chi connectivity index (χ2v) is 7.18. The van der Waals surface area contributed by atoms with E-state index in [0.29, 0.717) is 24.4 Å². The molecular weight excluding hydrogens is 252 g/mol. The zero-order valence-electron chi connectivity index (χ0n) is 13.8. The van der Waals surface area contributed by atoms with Gasteiger partial charge in [-0.2, -0.15) is 0 Å². The van der Waals surface area contributed by atoms with E-state index in [0.717, 1.165) is 25.7 Å². The Kier molecular flexibility index (Phi) is 6.02. The predicted molar refractivity (Wildman–Crippen MR) is 82.4 cm³/mol. The number of carbonyl (C=O) groups is 1. The monoisotopic (exact) mass is 284 g/mol. The van der Waals surface area contributed by atoms with Gasteiger partial charge in [-0.25, -0.2) is 0 Å².